The number of ether oxygens (including phenoxy) is 1. The summed E-state index contributed by atoms with van der Waals surface area (Å²) in [4.78, 5) is 0. The van der Waals surface area contributed by atoms with Crippen molar-refractivity contribution in [3.05, 3.63) is 64.2 Å². The molecule has 2 aromatic rings. The summed E-state index contributed by atoms with van der Waals surface area (Å²) in [6, 6.07) is 12.8. The van der Waals surface area contributed by atoms with Gasteiger partial charge in [0, 0.05) is 12.1 Å². The number of hydrogen-bond donors (Lipinski definition) is 1. The highest BCUT2D eigenvalue weighted by Crippen LogP contribution is 2.25. The van der Waals surface area contributed by atoms with E-state index in [2.05, 4.69) is 62.5 Å². The van der Waals surface area contributed by atoms with Crippen molar-refractivity contribution in [2.45, 2.75) is 33.9 Å². The fraction of sp³-hybridized carbons (Fsp3) is 0.333. The Balaban J connectivity index is 2.20. The first kappa shape index (κ1) is 14.6. The number of aryl methyl sites for hydroxylation is 3. The standard InChI is InChI=1S/C18H23NO/c1-13-8-9-14(2)17(10-13)12-20-18-15(3)6-5-7-16(18)11-19-4/h5-10,19H,11-12H2,1-4H3. The second-order valence-electron chi connectivity index (χ2n) is 5.31. The maximum Gasteiger partial charge on any atom is 0.127 e. The Morgan fingerprint density at radius 2 is 1.75 bits per heavy atom. The number of nitrogens with one attached hydrogen (secondary N) is 1. The predicted octanol–water partition coefficient (Wildman–Crippen LogP) is 3.91. The van der Waals surface area contributed by atoms with Gasteiger partial charge in [0.1, 0.15) is 12.4 Å². The summed E-state index contributed by atoms with van der Waals surface area (Å²) in [5.41, 5.74) is 6.19. The zero-order valence-electron chi connectivity index (χ0n) is 12.8. The van der Waals surface area contributed by atoms with Crippen molar-refractivity contribution in [2.24, 2.45) is 0 Å². The van der Waals surface area contributed by atoms with Crippen molar-refractivity contribution < 1.29 is 4.74 Å². The van der Waals surface area contributed by atoms with Crippen LogP contribution in [0.5, 0.6) is 5.75 Å². The Hall–Kier alpha value is -1.80. The Bertz CT molecular complexity index is 590. The van der Waals surface area contributed by atoms with Gasteiger partial charge in [-0.15, -0.1) is 0 Å². The van der Waals surface area contributed by atoms with Gasteiger partial charge in [-0.05, 0) is 44.5 Å². The molecule has 0 aliphatic heterocycles. The number of rotatable bonds is 5. The second kappa shape index (κ2) is 6.58. The van der Waals surface area contributed by atoms with Gasteiger partial charge in [-0.25, -0.2) is 0 Å². The lowest BCUT2D eigenvalue weighted by atomic mass is 10.1. The molecule has 106 valence electrons. The van der Waals surface area contributed by atoms with Crippen LogP contribution in [-0.2, 0) is 13.2 Å². The molecule has 0 saturated carbocycles. The van der Waals surface area contributed by atoms with Crippen LogP contribution < -0.4 is 10.1 Å². The van der Waals surface area contributed by atoms with Crippen LogP contribution in [0, 0.1) is 20.8 Å². The molecule has 0 amide bonds. The summed E-state index contributed by atoms with van der Waals surface area (Å²) >= 11 is 0. The van der Waals surface area contributed by atoms with E-state index in [1.54, 1.807) is 0 Å². The van der Waals surface area contributed by atoms with E-state index < -0.39 is 0 Å². The molecule has 1 N–H and O–H groups in total. The summed E-state index contributed by atoms with van der Waals surface area (Å²) in [5.74, 6) is 1.00. The highest BCUT2D eigenvalue weighted by molar-refractivity contribution is 5.41. The number of benzene rings is 2. The van der Waals surface area contributed by atoms with Gasteiger partial charge in [-0.2, -0.15) is 0 Å². The molecule has 0 heterocycles. The van der Waals surface area contributed by atoms with Crippen LogP contribution in [0.1, 0.15) is 27.8 Å². The van der Waals surface area contributed by atoms with Crippen LogP contribution in [0.3, 0.4) is 0 Å². The van der Waals surface area contributed by atoms with Gasteiger partial charge in [0.15, 0.2) is 0 Å². The van der Waals surface area contributed by atoms with Crippen LogP contribution in [0.25, 0.3) is 0 Å². The SMILES string of the molecule is CNCc1cccc(C)c1OCc1cc(C)ccc1C. The third kappa shape index (κ3) is 3.40. The van der Waals surface area contributed by atoms with Crippen molar-refractivity contribution in [3.8, 4) is 5.75 Å². The van der Waals surface area contributed by atoms with Crippen molar-refractivity contribution in [3.63, 3.8) is 0 Å². The number of hydrogen-bond acceptors (Lipinski definition) is 2. The summed E-state index contributed by atoms with van der Waals surface area (Å²) < 4.78 is 6.10. The first-order chi connectivity index (χ1) is 9.61. The van der Waals surface area contributed by atoms with Gasteiger partial charge in [-0.1, -0.05) is 42.0 Å². The molecule has 2 aromatic carbocycles. The zero-order chi connectivity index (χ0) is 14.5. The highest BCUT2D eigenvalue weighted by Gasteiger charge is 2.07. The molecule has 0 radical (unpaired) electrons. The highest BCUT2D eigenvalue weighted by atomic mass is 16.5. The van der Waals surface area contributed by atoms with Crippen molar-refractivity contribution in [1.82, 2.24) is 5.32 Å². The van der Waals surface area contributed by atoms with E-state index >= 15 is 0 Å². The van der Waals surface area contributed by atoms with E-state index in [1.165, 1.54) is 27.8 Å². The molecule has 0 unspecified atom stereocenters. The summed E-state index contributed by atoms with van der Waals surface area (Å²) in [6.07, 6.45) is 0. The van der Waals surface area contributed by atoms with Crippen LogP contribution in [0.15, 0.2) is 36.4 Å². The van der Waals surface area contributed by atoms with E-state index in [-0.39, 0.29) is 0 Å². The molecule has 2 nitrogen and oxygen atoms in total. The Morgan fingerprint density at radius 3 is 2.50 bits per heavy atom. The third-order valence-corrected chi connectivity index (χ3v) is 3.54. The molecule has 0 aromatic heterocycles. The van der Waals surface area contributed by atoms with Crippen LogP contribution in [-0.4, -0.2) is 7.05 Å². The van der Waals surface area contributed by atoms with Crippen LogP contribution in [0.2, 0.25) is 0 Å². The minimum absolute atomic E-state index is 0.620. The maximum atomic E-state index is 6.10. The average Bonchev–Trinajstić information content (AvgIpc) is 2.42. The minimum atomic E-state index is 0.620. The summed E-state index contributed by atoms with van der Waals surface area (Å²) in [5, 5.41) is 3.19. The fourth-order valence-corrected chi connectivity index (χ4v) is 2.36. The monoisotopic (exact) mass is 269 g/mol. The van der Waals surface area contributed by atoms with E-state index in [0.717, 1.165) is 12.3 Å². The van der Waals surface area contributed by atoms with E-state index in [4.69, 9.17) is 4.74 Å². The fourth-order valence-electron chi connectivity index (χ4n) is 2.36. The zero-order valence-corrected chi connectivity index (χ0v) is 12.8. The molecular weight excluding hydrogens is 246 g/mol. The molecule has 20 heavy (non-hydrogen) atoms. The lowest BCUT2D eigenvalue weighted by Gasteiger charge is -2.15. The molecule has 0 atom stereocenters. The van der Waals surface area contributed by atoms with Crippen molar-refractivity contribution in [1.29, 1.82) is 0 Å². The number of para-hydroxylation sites is 1. The molecule has 0 aliphatic rings. The summed E-state index contributed by atoms with van der Waals surface area (Å²) in [6.45, 7) is 7.78. The summed E-state index contributed by atoms with van der Waals surface area (Å²) in [7, 11) is 1.96. The van der Waals surface area contributed by atoms with Crippen molar-refractivity contribution in [2.75, 3.05) is 7.05 Å². The van der Waals surface area contributed by atoms with E-state index in [9.17, 15) is 0 Å². The molecule has 0 spiro atoms. The second-order valence-corrected chi connectivity index (χ2v) is 5.31. The third-order valence-electron chi connectivity index (χ3n) is 3.54. The van der Waals surface area contributed by atoms with Gasteiger partial charge < -0.3 is 10.1 Å². The lowest BCUT2D eigenvalue weighted by molar-refractivity contribution is 0.299. The largest absolute Gasteiger partial charge is 0.488 e. The molecule has 0 aliphatic carbocycles. The lowest BCUT2D eigenvalue weighted by Crippen LogP contribution is -2.09. The van der Waals surface area contributed by atoms with Crippen LogP contribution >= 0.6 is 0 Å². The Kier molecular flexibility index (Phi) is 4.80. The van der Waals surface area contributed by atoms with E-state index in [0.29, 0.717) is 6.61 Å². The van der Waals surface area contributed by atoms with Crippen LogP contribution in [0.4, 0.5) is 0 Å². The Labute approximate surface area is 121 Å². The van der Waals surface area contributed by atoms with Gasteiger partial charge in [0.05, 0.1) is 0 Å². The van der Waals surface area contributed by atoms with Crippen molar-refractivity contribution >= 4 is 0 Å². The normalized spacial score (nSPS) is 10.6. The predicted molar refractivity (Wildman–Crippen MR) is 84.2 cm³/mol. The van der Waals surface area contributed by atoms with Gasteiger partial charge in [0.25, 0.3) is 0 Å². The minimum Gasteiger partial charge on any atom is -0.488 e. The topological polar surface area (TPSA) is 21.3 Å². The van der Waals surface area contributed by atoms with Gasteiger partial charge in [0.2, 0.25) is 0 Å². The Morgan fingerprint density at radius 1 is 0.950 bits per heavy atom. The first-order valence-corrected chi connectivity index (χ1v) is 7.04. The average molecular weight is 269 g/mol. The molecule has 2 rings (SSSR count). The molecule has 2 heteroatoms. The molecule has 0 saturated heterocycles. The van der Waals surface area contributed by atoms with Gasteiger partial charge in [-0.3, -0.25) is 0 Å². The van der Waals surface area contributed by atoms with Gasteiger partial charge >= 0.3 is 0 Å². The molecule has 0 bridgehead atoms. The smallest absolute Gasteiger partial charge is 0.127 e. The van der Waals surface area contributed by atoms with E-state index in [1.807, 2.05) is 7.05 Å². The molecule has 0 fully saturated rings. The quantitative estimate of drug-likeness (QED) is 0.888. The molecular formula is C18H23NO. The first-order valence-electron chi connectivity index (χ1n) is 7.04. The maximum absolute atomic E-state index is 6.10.